The van der Waals surface area contributed by atoms with Crippen molar-refractivity contribution < 1.29 is 23.0 Å². The molecule has 1 amide bonds. The van der Waals surface area contributed by atoms with Crippen LogP contribution < -0.4 is 14.8 Å². The van der Waals surface area contributed by atoms with E-state index < -0.39 is 11.7 Å². The van der Waals surface area contributed by atoms with Crippen molar-refractivity contribution in [3.63, 3.8) is 0 Å². The lowest BCUT2D eigenvalue weighted by Crippen LogP contribution is -2.14. The van der Waals surface area contributed by atoms with E-state index >= 15 is 0 Å². The van der Waals surface area contributed by atoms with Gasteiger partial charge in [-0.15, -0.1) is 0 Å². The molecule has 0 aliphatic rings. The maximum Gasteiger partial charge on any atom is 0.266 e. The van der Waals surface area contributed by atoms with Crippen LogP contribution in [0.4, 0.5) is 14.5 Å². The fourth-order valence-electron chi connectivity index (χ4n) is 2.91. The molecule has 0 bridgehead atoms. The number of halogens is 3. The summed E-state index contributed by atoms with van der Waals surface area (Å²) in [6, 6.07) is 17.0. The first-order chi connectivity index (χ1) is 15.9. The fraction of sp³-hybridized carbons (Fsp3) is 0.120. The summed E-state index contributed by atoms with van der Waals surface area (Å²) in [5.74, 6) is -1.05. The Labute approximate surface area is 198 Å². The molecule has 0 aliphatic heterocycles. The van der Waals surface area contributed by atoms with Gasteiger partial charge in [0.2, 0.25) is 0 Å². The maximum atomic E-state index is 13.9. The van der Waals surface area contributed by atoms with Crippen molar-refractivity contribution in [1.29, 1.82) is 5.26 Å². The first-order valence-electron chi connectivity index (χ1n) is 9.93. The summed E-state index contributed by atoms with van der Waals surface area (Å²) in [5.41, 5.74) is 0.598. The molecule has 1 N–H and O–H groups in total. The van der Waals surface area contributed by atoms with Crippen molar-refractivity contribution in [3.05, 3.63) is 93.5 Å². The number of hydrogen-bond acceptors (Lipinski definition) is 4. The Balaban J connectivity index is 1.87. The summed E-state index contributed by atoms with van der Waals surface area (Å²) in [6.45, 7) is 2.10. The smallest absolute Gasteiger partial charge is 0.266 e. The largest absolute Gasteiger partial charge is 0.490 e. The number of benzene rings is 3. The van der Waals surface area contributed by atoms with Crippen LogP contribution in [0, 0.1) is 23.0 Å². The number of hydrogen-bond donors (Lipinski definition) is 1. The summed E-state index contributed by atoms with van der Waals surface area (Å²) < 4.78 is 39.7. The van der Waals surface area contributed by atoms with Gasteiger partial charge in [-0.05, 0) is 64.8 Å². The zero-order valence-corrected chi connectivity index (χ0v) is 19.2. The standard InChI is InChI=1S/C25H19BrF2N2O3/c1-2-32-23-13-16(11-18(14-29)25(31)30-22-10-6-5-9-21(22)28)12-19(26)24(23)33-15-17-7-3-4-8-20(17)27/h3-13H,2,15H2,1H3,(H,30,31)/b18-11-. The van der Waals surface area contributed by atoms with Crippen LogP contribution in [0.2, 0.25) is 0 Å². The molecule has 0 heterocycles. The zero-order valence-electron chi connectivity index (χ0n) is 17.6. The number of nitrogens with zero attached hydrogens (tertiary/aromatic N) is 1. The third kappa shape index (κ3) is 6.18. The third-order valence-corrected chi connectivity index (χ3v) is 5.05. The Morgan fingerprint density at radius 2 is 1.79 bits per heavy atom. The zero-order chi connectivity index (χ0) is 23.8. The first-order valence-corrected chi connectivity index (χ1v) is 10.7. The summed E-state index contributed by atoms with van der Waals surface area (Å²) in [6.07, 6.45) is 1.35. The molecule has 5 nitrogen and oxygen atoms in total. The van der Waals surface area contributed by atoms with Crippen molar-refractivity contribution in [2.75, 3.05) is 11.9 Å². The summed E-state index contributed by atoms with van der Waals surface area (Å²) in [7, 11) is 0. The monoisotopic (exact) mass is 512 g/mol. The topological polar surface area (TPSA) is 71.3 Å². The highest BCUT2D eigenvalue weighted by molar-refractivity contribution is 9.10. The number of para-hydroxylation sites is 1. The molecule has 0 saturated carbocycles. The molecule has 0 spiro atoms. The number of carbonyl (C=O) groups is 1. The number of ether oxygens (including phenoxy) is 2. The summed E-state index contributed by atoms with van der Waals surface area (Å²) >= 11 is 3.41. The molecule has 0 atom stereocenters. The number of carbonyl (C=O) groups excluding carboxylic acids is 1. The molecule has 0 saturated heterocycles. The minimum atomic E-state index is -0.753. The van der Waals surface area contributed by atoms with Crippen LogP contribution in [0.5, 0.6) is 11.5 Å². The minimum absolute atomic E-state index is 0.0188. The van der Waals surface area contributed by atoms with Gasteiger partial charge in [-0.1, -0.05) is 30.3 Å². The average Bonchev–Trinajstić information content (AvgIpc) is 2.79. The van der Waals surface area contributed by atoms with E-state index in [1.54, 1.807) is 43.3 Å². The number of rotatable bonds is 8. The van der Waals surface area contributed by atoms with Crippen LogP contribution in [0.3, 0.4) is 0 Å². The van der Waals surface area contributed by atoms with Gasteiger partial charge in [-0.25, -0.2) is 8.78 Å². The van der Waals surface area contributed by atoms with Crippen LogP contribution in [-0.2, 0) is 11.4 Å². The number of nitriles is 1. The molecular formula is C25H19BrF2N2O3. The predicted octanol–water partition coefficient (Wildman–Crippen LogP) is 6.25. The summed E-state index contributed by atoms with van der Waals surface area (Å²) in [5, 5.41) is 11.8. The second-order valence-corrected chi connectivity index (χ2v) is 7.60. The Hall–Kier alpha value is -3.70. The van der Waals surface area contributed by atoms with Gasteiger partial charge in [0, 0.05) is 5.56 Å². The van der Waals surface area contributed by atoms with Crippen LogP contribution in [0.15, 0.2) is 70.7 Å². The third-order valence-electron chi connectivity index (χ3n) is 4.46. The van der Waals surface area contributed by atoms with Crippen LogP contribution in [-0.4, -0.2) is 12.5 Å². The molecule has 33 heavy (non-hydrogen) atoms. The highest BCUT2D eigenvalue weighted by Gasteiger charge is 2.16. The Bertz CT molecular complexity index is 1240. The van der Waals surface area contributed by atoms with E-state index in [2.05, 4.69) is 21.2 Å². The van der Waals surface area contributed by atoms with Gasteiger partial charge >= 0.3 is 0 Å². The Morgan fingerprint density at radius 1 is 1.09 bits per heavy atom. The van der Waals surface area contributed by atoms with E-state index in [0.29, 0.717) is 33.7 Å². The van der Waals surface area contributed by atoms with Crippen molar-refractivity contribution >= 4 is 33.6 Å². The fourth-order valence-corrected chi connectivity index (χ4v) is 3.48. The van der Waals surface area contributed by atoms with E-state index in [4.69, 9.17) is 9.47 Å². The number of nitrogens with one attached hydrogen (secondary N) is 1. The Kier molecular flexibility index (Phi) is 8.17. The second-order valence-electron chi connectivity index (χ2n) is 6.75. The Morgan fingerprint density at radius 3 is 2.45 bits per heavy atom. The summed E-state index contributed by atoms with van der Waals surface area (Å²) in [4.78, 5) is 12.5. The minimum Gasteiger partial charge on any atom is -0.490 e. The van der Waals surface area contributed by atoms with Gasteiger partial charge in [0.1, 0.15) is 29.9 Å². The van der Waals surface area contributed by atoms with Gasteiger partial charge in [0.15, 0.2) is 11.5 Å². The van der Waals surface area contributed by atoms with Crippen molar-refractivity contribution in [2.24, 2.45) is 0 Å². The molecule has 3 aromatic carbocycles. The highest BCUT2D eigenvalue weighted by atomic mass is 79.9. The van der Waals surface area contributed by atoms with Gasteiger partial charge in [-0.3, -0.25) is 4.79 Å². The molecule has 3 aromatic rings. The van der Waals surface area contributed by atoms with Crippen LogP contribution in [0.25, 0.3) is 6.08 Å². The molecule has 0 aliphatic carbocycles. The molecule has 0 radical (unpaired) electrons. The van der Waals surface area contributed by atoms with Gasteiger partial charge in [-0.2, -0.15) is 5.26 Å². The molecule has 0 unspecified atom stereocenters. The van der Waals surface area contributed by atoms with Gasteiger partial charge < -0.3 is 14.8 Å². The maximum absolute atomic E-state index is 13.9. The second kappa shape index (κ2) is 11.2. The van der Waals surface area contributed by atoms with Crippen LogP contribution >= 0.6 is 15.9 Å². The number of amides is 1. The molecule has 0 aromatic heterocycles. The lowest BCUT2D eigenvalue weighted by Gasteiger charge is -2.15. The average molecular weight is 513 g/mol. The highest BCUT2D eigenvalue weighted by Crippen LogP contribution is 2.38. The number of anilines is 1. The molecule has 0 fully saturated rings. The SMILES string of the molecule is CCOc1cc(/C=C(/C#N)C(=O)Nc2ccccc2F)cc(Br)c1OCc1ccccc1F. The van der Waals surface area contributed by atoms with Crippen molar-refractivity contribution in [1.82, 2.24) is 0 Å². The van der Waals surface area contributed by atoms with E-state index in [1.807, 2.05) is 6.07 Å². The molecule has 8 heteroatoms. The van der Waals surface area contributed by atoms with E-state index in [9.17, 15) is 18.8 Å². The van der Waals surface area contributed by atoms with Crippen LogP contribution in [0.1, 0.15) is 18.1 Å². The van der Waals surface area contributed by atoms with Crippen molar-refractivity contribution in [2.45, 2.75) is 13.5 Å². The quantitative estimate of drug-likeness (QED) is 0.286. The lowest BCUT2D eigenvalue weighted by atomic mass is 10.1. The first kappa shape index (κ1) is 24.0. The normalized spacial score (nSPS) is 10.9. The predicted molar refractivity (Wildman–Crippen MR) is 125 cm³/mol. The van der Waals surface area contributed by atoms with E-state index in [-0.39, 0.29) is 23.7 Å². The molecule has 3 rings (SSSR count). The van der Waals surface area contributed by atoms with Crippen molar-refractivity contribution in [3.8, 4) is 17.6 Å². The molecule has 168 valence electrons. The molecular weight excluding hydrogens is 494 g/mol. The van der Waals surface area contributed by atoms with Gasteiger partial charge in [0.25, 0.3) is 5.91 Å². The van der Waals surface area contributed by atoms with E-state index in [1.165, 1.54) is 30.3 Å². The van der Waals surface area contributed by atoms with Gasteiger partial charge in [0.05, 0.1) is 16.8 Å². The van der Waals surface area contributed by atoms with E-state index in [0.717, 1.165) is 0 Å². The lowest BCUT2D eigenvalue weighted by molar-refractivity contribution is -0.112.